The molecule has 0 unspecified atom stereocenters. The number of hydrogen-bond donors (Lipinski definition) is 0. The van der Waals surface area contributed by atoms with Crippen LogP contribution >= 0.6 is 0 Å². The lowest BCUT2D eigenvalue weighted by Gasteiger charge is -2.21. The van der Waals surface area contributed by atoms with E-state index >= 15 is 0 Å². The Labute approximate surface area is 342 Å². The highest BCUT2D eigenvalue weighted by Gasteiger charge is 2.36. The second-order valence-electron chi connectivity index (χ2n) is 15.9. The number of para-hydroxylation sites is 3. The SMILES string of the molecule is CC.Cc1ccc2c3cc4c(cc3n(-c3ccccc3)c2c1)C(C)(C)c1ccccc1-4.Cc1ccccc1-c1c(C)ccc2c3ccccc3n(-c3ccccc3)c12. The fourth-order valence-corrected chi connectivity index (χ4v) is 9.37. The summed E-state index contributed by atoms with van der Waals surface area (Å²) in [4.78, 5) is 0. The Morgan fingerprint density at radius 1 is 0.379 bits per heavy atom. The molecule has 0 bridgehead atoms. The molecule has 11 rings (SSSR count). The first-order valence-corrected chi connectivity index (χ1v) is 20.7. The Kier molecular flexibility index (Phi) is 9.37. The molecule has 0 atom stereocenters. The smallest absolute Gasteiger partial charge is 0.0622 e. The molecule has 2 aromatic heterocycles. The summed E-state index contributed by atoms with van der Waals surface area (Å²) in [5.41, 5.74) is 19.7. The maximum Gasteiger partial charge on any atom is 0.0622 e. The predicted molar refractivity (Wildman–Crippen MR) is 250 cm³/mol. The van der Waals surface area contributed by atoms with Gasteiger partial charge in [0.2, 0.25) is 0 Å². The minimum absolute atomic E-state index is 0.00794. The van der Waals surface area contributed by atoms with Gasteiger partial charge in [-0.05, 0) is 114 Å². The topological polar surface area (TPSA) is 9.86 Å². The van der Waals surface area contributed by atoms with Gasteiger partial charge >= 0.3 is 0 Å². The molecule has 0 saturated carbocycles. The maximum absolute atomic E-state index is 2.44. The summed E-state index contributed by atoms with van der Waals surface area (Å²) in [5.74, 6) is 0. The van der Waals surface area contributed by atoms with E-state index in [0.29, 0.717) is 0 Å². The number of rotatable bonds is 3. The third kappa shape index (κ3) is 5.86. The molecule has 0 spiro atoms. The second-order valence-corrected chi connectivity index (χ2v) is 15.9. The summed E-state index contributed by atoms with van der Waals surface area (Å²) in [6.45, 7) is 15.3. The molecule has 10 aromatic rings. The van der Waals surface area contributed by atoms with Crippen molar-refractivity contribution in [2.45, 2.75) is 53.9 Å². The van der Waals surface area contributed by atoms with Crippen molar-refractivity contribution in [1.82, 2.24) is 9.13 Å². The number of nitrogens with zero attached hydrogens (tertiary/aromatic N) is 2. The van der Waals surface area contributed by atoms with E-state index in [2.05, 4.69) is 220 Å². The van der Waals surface area contributed by atoms with Crippen LogP contribution in [0.2, 0.25) is 0 Å². The maximum atomic E-state index is 2.44. The Bertz CT molecular complexity index is 3120. The van der Waals surface area contributed by atoms with E-state index in [1.807, 2.05) is 13.8 Å². The first kappa shape index (κ1) is 37.0. The fourth-order valence-electron chi connectivity index (χ4n) is 9.37. The van der Waals surface area contributed by atoms with Crippen LogP contribution in [0.5, 0.6) is 0 Å². The lowest BCUT2D eigenvalue weighted by molar-refractivity contribution is 0.661. The van der Waals surface area contributed by atoms with Crippen LogP contribution in [0.15, 0.2) is 176 Å². The van der Waals surface area contributed by atoms with Gasteiger partial charge in [0.15, 0.2) is 0 Å². The summed E-state index contributed by atoms with van der Waals surface area (Å²) in [7, 11) is 0. The number of hydrogen-bond acceptors (Lipinski definition) is 0. The number of aromatic nitrogens is 2. The van der Waals surface area contributed by atoms with Crippen LogP contribution in [0, 0.1) is 20.8 Å². The summed E-state index contributed by atoms with van der Waals surface area (Å²) in [6.07, 6.45) is 0. The van der Waals surface area contributed by atoms with Crippen molar-refractivity contribution in [2.75, 3.05) is 0 Å². The monoisotopic (exact) mass is 750 g/mol. The van der Waals surface area contributed by atoms with Crippen molar-refractivity contribution in [2.24, 2.45) is 0 Å². The molecular weight excluding hydrogens is 701 g/mol. The summed E-state index contributed by atoms with van der Waals surface area (Å²) in [5, 5.41) is 5.25. The molecule has 0 fully saturated rings. The Morgan fingerprint density at radius 3 is 1.67 bits per heavy atom. The summed E-state index contributed by atoms with van der Waals surface area (Å²) in [6, 6.07) is 63.9. The molecule has 1 aliphatic carbocycles. The molecule has 284 valence electrons. The largest absolute Gasteiger partial charge is 0.309 e. The average Bonchev–Trinajstić information content (AvgIpc) is 3.84. The number of aryl methyl sites for hydroxylation is 3. The second kappa shape index (κ2) is 14.7. The molecule has 2 nitrogen and oxygen atoms in total. The third-order valence-electron chi connectivity index (χ3n) is 12.1. The summed E-state index contributed by atoms with van der Waals surface area (Å²) >= 11 is 0. The van der Waals surface area contributed by atoms with Crippen LogP contribution in [0.1, 0.15) is 55.5 Å². The van der Waals surface area contributed by atoms with Crippen molar-refractivity contribution in [3.8, 4) is 33.6 Å². The van der Waals surface area contributed by atoms with Crippen LogP contribution in [-0.2, 0) is 5.41 Å². The molecule has 2 heteroatoms. The fraction of sp³-hybridized carbons (Fsp3) is 0.143. The Morgan fingerprint density at radius 2 is 0.948 bits per heavy atom. The average molecular weight is 751 g/mol. The van der Waals surface area contributed by atoms with Gasteiger partial charge in [-0.15, -0.1) is 0 Å². The van der Waals surface area contributed by atoms with Gasteiger partial charge in [-0.2, -0.15) is 0 Å². The van der Waals surface area contributed by atoms with Crippen molar-refractivity contribution < 1.29 is 0 Å². The molecule has 0 N–H and O–H groups in total. The predicted octanol–water partition coefficient (Wildman–Crippen LogP) is 15.5. The highest BCUT2D eigenvalue weighted by Crippen LogP contribution is 2.51. The van der Waals surface area contributed by atoms with Crippen LogP contribution in [0.4, 0.5) is 0 Å². The van der Waals surface area contributed by atoms with E-state index in [4.69, 9.17) is 0 Å². The van der Waals surface area contributed by atoms with E-state index in [1.165, 1.54) is 105 Å². The van der Waals surface area contributed by atoms with E-state index in [9.17, 15) is 0 Å². The summed E-state index contributed by atoms with van der Waals surface area (Å²) < 4.78 is 4.84. The highest BCUT2D eigenvalue weighted by molar-refractivity contribution is 6.15. The van der Waals surface area contributed by atoms with Crippen LogP contribution in [-0.4, -0.2) is 9.13 Å². The normalized spacial score (nSPS) is 12.5. The van der Waals surface area contributed by atoms with Crippen molar-refractivity contribution in [3.63, 3.8) is 0 Å². The molecule has 0 amide bonds. The number of benzene rings is 8. The van der Waals surface area contributed by atoms with Crippen molar-refractivity contribution in [1.29, 1.82) is 0 Å². The lowest BCUT2D eigenvalue weighted by atomic mass is 9.82. The zero-order chi connectivity index (χ0) is 40.1. The van der Waals surface area contributed by atoms with Crippen LogP contribution in [0.25, 0.3) is 77.2 Å². The molecule has 8 aromatic carbocycles. The van der Waals surface area contributed by atoms with Crippen LogP contribution in [0.3, 0.4) is 0 Å². The molecule has 58 heavy (non-hydrogen) atoms. The number of fused-ring (bicyclic) bond motifs is 9. The minimum Gasteiger partial charge on any atom is -0.309 e. The first-order chi connectivity index (χ1) is 28.3. The molecule has 0 radical (unpaired) electrons. The Hall–Kier alpha value is -6.64. The quantitative estimate of drug-likeness (QED) is 0.170. The van der Waals surface area contributed by atoms with Crippen molar-refractivity contribution in [3.05, 3.63) is 204 Å². The molecular formula is C56H50N2. The van der Waals surface area contributed by atoms with E-state index in [0.717, 1.165) is 0 Å². The van der Waals surface area contributed by atoms with Gasteiger partial charge in [0.25, 0.3) is 0 Å². The molecule has 0 saturated heterocycles. The lowest BCUT2D eigenvalue weighted by Crippen LogP contribution is -2.14. The molecule has 1 aliphatic rings. The first-order valence-electron chi connectivity index (χ1n) is 20.7. The van der Waals surface area contributed by atoms with Crippen molar-refractivity contribution >= 4 is 43.6 Å². The third-order valence-corrected chi connectivity index (χ3v) is 12.1. The van der Waals surface area contributed by atoms with Gasteiger partial charge in [0, 0.05) is 43.9 Å². The standard InChI is InChI=1S/C28H23N.C26H21N.C2H6/c1-18-13-14-21-23-16-22-20-11-7-8-12-24(20)28(2,3)25(22)17-27(23)29(26(21)15-18)19-9-5-4-6-10-19;1-18-10-6-7-13-21(18)25-19(2)16-17-23-22-14-8-9-15-24(22)27(26(23)25)20-11-4-3-5-12-20;1-2/h4-17H,1-3H3;3-17H,1-2H3;1-2H3. The van der Waals surface area contributed by atoms with Gasteiger partial charge < -0.3 is 9.13 Å². The van der Waals surface area contributed by atoms with Crippen LogP contribution < -0.4 is 0 Å². The van der Waals surface area contributed by atoms with E-state index in [1.54, 1.807) is 0 Å². The van der Waals surface area contributed by atoms with Gasteiger partial charge in [-0.1, -0.05) is 155 Å². The van der Waals surface area contributed by atoms with Gasteiger partial charge in [-0.3, -0.25) is 0 Å². The molecule has 0 aliphatic heterocycles. The highest BCUT2D eigenvalue weighted by atomic mass is 15.0. The van der Waals surface area contributed by atoms with Gasteiger partial charge in [0.05, 0.1) is 22.1 Å². The Balaban J connectivity index is 0.000000145. The zero-order valence-corrected chi connectivity index (χ0v) is 34.6. The minimum atomic E-state index is 0.00794. The zero-order valence-electron chi connectivity index (χ0n) is 34.6. The van der Waals surface area contributed by atoms with Gasteiger partial charge in [-0.25, -0.2) is 0 Å². The van der Waals surface area contributed by atoms with E-state index in [-0.39, 0.29) is 5.41 Å². The van der Waals surface area contributed by atoms with Gasteiger partial charge in [0.1, 0.15) is 0 Å². The van der Waals surface area contributed by atoms with E-state index < -0.39 is 0 Å². The molecule has 2 heterocycles.